The monoisotopic (exact) mass is 441 g/mol. The Hall–Kier alpha value is -1.84. The lowest BCUT2D eigenvalue weighted by atomic mass is 9.97. The largest absolute Gasteiger partial charge is 0.482 e. The third kappa shape index (κ3) is 4.22. The summed E-state index contributed by atoms with van der Waals surface area (Å²) in [6, 6.07) is 3.01. The molecule has 4 rings (SSSR count). The van der Waals surface area contributed by atoms with E-state index in [0.717, 1.165) is 25.7 Å². The van der Waals surface area contributed by atoms with Crippen LogP contribution in [0.5, 0.6) is 5.75 Å². The molecule has 0 aromatic heterocycles. The molecular formula is C19H24ClN3O5S. The first-order chi connectivity index (χ1) is 13.8. The molecule has 0 bridgehead atoms. The van der Waals surface area contributed by atoms with E-state index >= 15 is 0 Å². The average molecular weight is 442 g/mol. The predicted octanol–water partition coefficient (Wildman–Crippen LogP) is 2.13. The zero-order valence-electron chi connectivity index (χ0n) is 15.9. The topological polar surface area (TPSA) is 105 Å². The first-order valence-electron chi connectivity index (χ1n) is 9.91. The molecule has 0 spiro atoms. The van der Waals surface area contributed by atoms with E-state index in [1.54, 1.807) is 0 Å². The molecule has 1 saturated carbocycles. The highest BCUT2D eigenvalue weighted by Gasteiger charge is 2.35. The van der Waals surface area contributed by atoms with Crippen molar-refractivity contribution >= 4 is 39.1 Å². The van der Waals surface area contributed by atoms with E-state index in [2.05, 4.69) is 10.6 Å². The number of ether oxygens (including phenoxy) is 1. The minimum absolute atomic E-state index is 0.0237. The Morgan fingerprint density at radius 3 is 2.55 bits per heavy atom. The van der Waals surface area contributed by atoms with Gasteiger partial charge in [-0.15, -0.1) is 0 Å². The van der Waals surface area contributed by atoms with Crippen LogP contribution in [-0.4, -0.2) is 50.3 Å². The lowest BCUT2D eigenvalue weighted by molar-refractivity contribution is -0.126. The molecule has 3 aliphatic rings. The molecule has 29 heavy (non-hydrogen) atoms. The van der Waals surface area contributed by atoms with Gasteiger partial charge in [-0.1, -0.05) is 24.4 Å². The Balaban J connectivity index is 1.44. The zero-order valence-corrected chi connectivity index (χ0v) is 17.5. The summed E-state index contributed by atoms with van der Waals surface area (Å²) >= 11 is 6.21. The van der Waals surface area contributed by atoms with Gasteiger partial charge in [0.05, 0.1) is 10.7 Å². The van der Waals surface area contributed by atoms with Crippen molar-refractivity contribution in [3.8, 4) is 5.75 Å². The highest BCUT2D eigenvalue weighted by molar-refractivity contribution is 7.89. The van der Waals surface area contributed by atoms with E-state index in [9.17, 15) is 18.0 Å². The number of anilines is 1. The number of carbonyl (C=O) groups excluding carboxylic acids is 2. The number of amides is 2. The van der Waals surface area contributed by atoms with Crippen LogP contribution >= 0.6 is 11.6 Å². The van der Waals surface area contributed by atoms with Gasteiger partial charge in [0, 0.05) is 31.1 Å². The van der Waals surface area contributed by atoms with E-state index in [4.69, 9.17) is 16.3 Å². The quantitative estimate of drug-likeness (QED) is 0.744. The highest BCUT2D eigenvalue weighted by Crippen LogP contribution is 2.37. The van der Waals surface area contributed by atoms with Crippen molar-refractivity contribution in [2.24, 2.45) is 5.92 Å². The molecule has 2 aliphatic heterocycles. The van der Waals surface area contributed by atoms with Crippen molar-refractivity contribution in [3.05, 3.63) is 17.2 Å². The molecule has 2 N–H and O–H groups in total. The van der Waals surface area contributed by atoms with E-state index in [1.807, 2.05) is 0 Å². The van der Waals surface area contributed by atoms with Gasteiger partial charge >= 0.3 is 0 Å². The Morgan fingerprint density at radius 1 is 1.17 bits per heavy atom. The van der Waals surface area contributed by atoms with Crippen LogP contribution in [0.2, 0.25) is 5.02 Å². The molecule has 158 valence electrons. The lowest BCUT2D eigenvalue weighted by Gasteiger charge is -2.31. The van der Waals surface area contributed by atoms with E-state index in [1.165, 1.54) is 16.4 Å². The molecule has 10 heteroatoms. The molecule has 0 unspecified atom stereocenters. The van der Waals surface area contributed by atoms with Gasteiger partial charge in [0.25, 0.3) is 5.91 Å². The third-order valence-electron chi connectivity index (χ3n) is 5.81. The van der Waals surface area contributed by atoms with Crippen LogP contribution in [0.4, 0.5) is 5.69 Å². The summed E-state index contributed by atoms with van der Waals surface area (Å²) < 4.78 is 32.9. The van der Waals surface area contributed by atoms with Crippen LogP contribution in [-0.2, 0) is 19.6 Å². The molecule has 2 fully saturated rings. The Morgan fingerprint density at radius 2 is 1.86 bits per heavy atom. The number of nitrogens with one attached hydrogen (secondary N) is 2. The van der Waals surface area contributed by atoms with Gasteiger partial charge in [-0.2, -0.15) is 4.31 Å². The second-order valence-electron chi connectivity index (χ2n) is 7.78. The van der Waals surface area contributed by atoms with Crippen LogP contribution in [0.1, 0.15) is 38.5 Å². The maximum atomic E-state index is 13.1. The number of benzene rings is 1. The summed E-state index contributed by atoms with van der Waals surface area (Å²) in [5.74, 6) is -0.176. The molecule has 1 aliphatic carbocycles. The number of rotatable bonds is 4. The molecule has 2 amide bonds. The van der Waals surface area contributed by atoms with Crippen LogP contribution in [0.25, 0.3) is 0 Å². The van der Waals surface area contributed by atoms with Crippen molar-refractivity contribution in [1.29, 1.82) is 0 Å². The molecule has 0 atom stereocenters. The summed E-state index contributed by atoms with van der Waals surface area (Å²) in [5, 5.41) is 5.73. The van der Waals surface area contributed by atoms with Crippen LogP contribution < -0.4 is 15.4 Å². The van der Waals surface area contributed by atoms with Crippen LogP contribution in [0.3, 0.4) is 0 Å². The fourth-order valence-corrected chi connectivity index (χ4v) is 6.15. The van der Waals surface area contributed by atoms with Crippen LogP contribution in [0, 0.1) is 5.92 Å². The average Bonchev–Trinajstić information content (AvgIpc) is 3.20. The number of hydrogen-bond acceptors (Lipinski definition) is 5. The standard InChI is InChI=1S/C19H24ClN3O5S/c20-14-9-15-16(28-11-18(24)22-15)10-17(14)29(26,27)23-7-5-12(6-8-23)19(25)21-13-3-1-2-4-13/h9-10,12-13H,1-8,11H2,(H,21,25)(H,22,24). The zero-order chi connectivity index (χ0) is 20.6. The fraction of sp³-hybridized carbons (Fsp3) is 0.579. The second-order valence-corrected chi connectivity index (χ2v) is 10.1. The summed E-state index contributed by atoms with van der Waals surface area (Å²) in [7, 11) is -3.83. The first kappa shape index (κ1) is 20.4. The predicted molar refractivity (Wildman–Crippen MR) is 107 cm³/mol. The van der Waals surface area contributed by atoms with Gasteiger partial charge in [-0.3, -0.25) is 9.59 Å². The molecule has 8 nitrogen and oxygen atoms in total. The number of carbonyl (C=O) groups is 2. The van der Waals surface area contributed by atoms with E-state index in [-0.39, 0.29) is 59.1 Å². The second kappa shape index (κ2) is 8.12. The van der Waals surface area contributed by atoms with Crippen LogP contribution in [0.15, 0.2) is 17.0 Å². The number of piperidine rings is 1. The number of halogens is 1. The van der Waals surface area contributed by atoms with Crippen molar-refractivity contribution in [2.75, 3.05) is 25.0 Å². The molecule has 0 radical (unpaired) electrons. The Kier molecular flexibility index (Phi) is 5.72. The molecule has 2 heterocycles. The van der Waals surface area contributed by atoms with E-state index < -0.39 is 10.0 Å². The highest BCUT2D eigenvalue weighted by atomic mass is 35.5. The SMILES string of the molecule is O=C1COc2cc(S(=O)(=O)N3CCC(C(=O)NC4CCCC4)CC3)c(Cl)cc2N1. The van der Waals surface area contributed by atoms with Crippen molar-refractivity contribution in [2.45, 2.75) is 49.5 Å². The van der Waals surface area contributed by atoms with Crippen molar-refractivity contribution in [1.82, 2.24) is 9.62 Å². The first-order valence-corrected chi connectivity index (χ1v) is 11.7. The Labute approximate surface area is 175 Å². The minimum atomic E-state index is -3.83. The maximum Gasteiger partial charge on any atom is 0.262 e. The fourth-order valence-electron chi connectivity index (χ4n) is 4.17. The summed E-state index contributed by atoms with van der Waals surface area (Å²) in [6.45, 7) is 0.349. The number of fused-ring (bicyclic) bond motifs is 1. The smallest absolute Gasteiger partial charge is 0.262 e. The van der Waals surface area contributed by atoms with Gasteiger partial charge in [-0.05, 0) is 31.7 Å². The molecule has 1 aromatic rings. The van der Waals surface area contributed by atoms with Gasteiger partial charge in [0.15, 0.2) is 6.61 Å². The number of hydrogen-bond donors (Lipinski definition) is 2. The third-order valence-corrected chi connectivity index (χ3v) is 8.17. The summed E-state index contributed by atoms with van der Waals surface area (Å²) in [5.41, 5.74) is 0.354. The summed E-state index contributed by atoms with van der Waals surface area (Å²) in [6.07, 6.45) is 5.31. The number of sulfonamides is 1. The van der Waals surface area contributed by atoms with Crippen molar-refractivity contribution in [3.63, 3.8) is 0 Å². The van der Waals surface area contributed by atoms with Gasteiger partial charge in [-0.25, -0.2) is 8.42 Å². The lowest BCUT2D eigenvalue weighted by Crippen LogP contribution is -2.44. The Bertz CT molecular complexity index is 922. The maximum absolute atomic E-state index is 13.1. The van der Waals surface area contributed by atoms with Gasteiger partial charge < -0.3 is 15.4 Å². The van der Waals surface area contributed by atoms with Crippen molar-refractivity contribution < 1.29 is 22.7 Å². The number of nitrogens with zero attached hydrogens (tertiary/aromatic N) is 1. The normalized spacial score (nSPS) is 21.3. The van der Waals surface area contributed by atoms with E-state index in [0.29, 0.717) is 18.5 Å². The van der Waals surface area contributed by atoms with Gasteiger partial charge in [0.2, 0.25) is 15.9 Å². The minimum Gasteiger partial charge on any atom is -0.482 e. The molecule has 1 saturated heterocycles. The summed E-state index contributed by atoms with van der Waals surface area (Å²) in [4.78, 5) is 23.8. The molecule has 1 aromatic carbocycles. The molecular weight excluding hydrogens is 418 g/mol. The van der Waals surface area contributed by atoms with Gasteiger partial charge in [0.1, 0.15) is 10.6 Å².